The largest absolute Gasteiger partial charge is 0.479 e. The van der Waals surface area contributed by atoms with Crippen LogP contribution in [0.3, 0.4) is 0 Å². The summed E-state index contributed by atoms with van der Waals surface area (Å²) >= 11 is 0. The molecule has 2 saturated heterocycles. The number of aliphatic hydroxyl groups is 4. The Kier molecular flexibility index (Phi) is 9.07. The fourth-order valence-corrected chi connectivity index (χ4v) is 3.81. The molecule has 0 aliphatic carbocycles. The van der Waals surface area contributed by atoms with E-state index in [2.05, 4.69) is 14.7 Å². The van der Waals surface area contributed by atoms with Crippen LogP contribution in [0.1, 0.15) is 0 Å². The Morgan fingerprint density at radius 1 is 1.11 bits per heavy atom. The van der Waals surface area contributed by atoms with E-state index in [1.54, 1.807) is 0 Å². The number of nitro groups is 1. The number of nitrogens with zero attached hydrogens (tertiary/aromatic N) is 2. The Morgan fingerprint density at radius 2 is 1.76 bits per heavy atom. The Bertz CT molecular complexity index is 1100. The first-order valence-electron chi connectivity index (χ1n) is 10.4. The molecular weight excluding hydrogens is 530 g/mol. The number of anilines is 1. The van der Waals surface area contributed by atoms with E-state index in [9.17, 15) is 43.8 Å². The first-order chi connectivity index (χ1) is 17.3. The molecule has 7 N–H and O–H groups in total. The smallest absolute Gasteiger partial charge is 0.397 e. The standard InChI is InChI=1S/C18H23N3O15S/c22-11-9(5-19-20-7-1-3-8(4-2-7)21(28)29)34-10(6-33-37(30,31)32)15(11)35-18-14(25)12(23)13(24)16(36-18)17(26)27/h1-5,9-16,18,20,22-25H,6H2,(H,26,27)(H,30,31,32)/b19-5+. The Morgan fingerprint density at radius 3 is 2.32 bits per heavy atom. The predicted octanol–water partition coefficient (Wildman–Crippen LogP) is -2.78. The molecule has 1 aromatic carbocycles. The maximum Gasteiger partial charge on any atom is 0.397 e. The summed E-state index contributed by atoms with van der Waals surface area (Å²) in [5.41, 5.74) is 2.67. The minimum absolute atomic E-state index is 0.166. The molecule has 37 heavy (non-hydrogen) atoms. The summed E-state index contributed by atoms with van der Waals surface area (Å²) in [5, 5.41) is 64.3. The van der Waals surface area contributed by atoms with Crippen molar-refractivity contribution in [2.75, 3.05) is 12.0 Å². The van der Waals surface area contributed by atoms with Gasteiger partial charge in [-0.15, -0.1) is 0 Å². The molecule has 206 valence electrons. The zero-order chi connectivity index (χ0) is 27.5. The third-order valence-electron chi connectivity index (χ3n) is 5.35. The molecule has 9 unspecified atom stereocenters. The van der Waals surface area contributed by atoms with E-state index in [0.29, 0.717) is 5.69 Å². The molecule has 2 aliphatic heterocycles. The van der Waals surface area contributed by atoms with Gasteiger partial charge >= 0.3 is 16.4 Å². The van der Waals surface area contributed by atoms with Crippen LogP contribution < -0.4 is 5.43 Å². The Labute approximate surface area is 207 Å². The van der Waals surface area contributed by atoms with Gasteiger partial charge in [-0.1, -0.05) is 0 Å². The fraction of sp³-hybridized carbons (Fsp3) is 0.556. The number of ether oxygens (including phenoxy) is 3. The average molecular weight is 553 g/mol. The number of carbonyl (C=O) groups is 1. The number of nitro benzene ring substituents is 1. The van der Waals surface area contributed by atoms with Crippen LogP contribution in [0.25, 0.3) is 0 Å². The van der Waals surface area contributed by atoms with E-state index in [1.807, 2.05) is 0 Å². The van der Waals surface area contributed by atoms with E-state index in [4.69, 9.17) is 23.9 Å². The van der Waals surface area contributed by atoms with Crippen molar-refractivity contribution in [1.82, 2.24) is 0 Å². The highest BCUT2D eigenvalue weighted by Crippen LogP contribution is 2.30. The first-order valence-corrected chi connectivity index (χ1v) is 11.7. The normalized spacial score (nSPS) is 34.5. The lowest BCUT2D eigenvalue weighted by atomic mass is 9.98. The molecule has 19 heteroatoms. The minimum atomic E-state index is -4.96. The van der Waals surface area contributed by atoms with Crippen LogP contribution in [0.15, 0.2) is 29.4 Å². The highest BCUT2D eigenvalue weighted by molar-refractivity contribution is 7.80. The lowest BCUT2D eigenvalue weighted by molar-refractivity contribution is -0.384. The van der Waals surface area contributed by atoms with Crippen molar-refractivity contribution in [1.29, 1.82) is 0 Å². The first kappa shape index (κ1) is 28.7. The van der Waals surface area contributed by atoms with Gasteiger partial charge in [-0.25, -0.2) is 8.98 Å². The van der Waals surface area contributed by atoms with E-state index in [1.165, 1.54) is 24.3 Å². The van der Waals surface area contributed by atoms with Crippen LogP contribution in [0.2, 0.25) is 0 Å². The second kappa shape index (κ2) is 11.7. The van der Waals surface area contributed by atoms with Crippen molar-refractivity contribution in [3.05, 3.63) is 34.4 Å². The van der Waals surface area contributed by atoms with Crippen molar-refractivity contribution >= 4 is 34.0 Å². The zero-order valence-electron chi connectivity index (χ0n) is 18.5. The van der Waals surface area contributed by atoms with Gasteiger partial charge in [0.1, 0.15) is 42.7 Å². The number of carboxylic acid groups (broad SMARTS) is 1. The number of nitrogens with one attached hydrogen (secondary N) is 1. The number of hydrogen-bond acceptors (Lipinski definition) is 15. The summed E-state index contributed by atoms with van der Waals surface area (Å²) in [6.45, 7) is -0.906. The summed E-state index contributed by atoms with van der Waals surface area (Å²) in [4.78, 5) is 21.4. The van der Waals surface area contributed by atoms with Crippen molar-refractivity contribution < 1.29 is 66.6 Å². The number of rotatable bonds is 10. The lowest BCUT2D eigenvalue weighted by Crippen LogP contribution is -2.61. The van der Waals surface area contributed by atoms with Gasteiger partial charge in [0.05, 0.1) is 23.4 Å². The Balaban J connectivity index is 1.74. The van der Waals surface area contributed by atoms with Gasteiger partial charge in [-0.3, -0.25) is 20.1 Å². The van der Waals surface area contributed by atoms with Gasteiger partial charge < -0.3 is 39.7 Å². The molecule has 2 fully saturated rings. The number of non-ortho nitro benzene ring substituents is 1. The van der Waals surface area contributed by atoms with Gasteiger partial charge in [-0.05, 0) is 12.1 Å². The van der Waals surface area contributed by atoms with Crippen molar-refractivity contribution in [3.8, 4) is 0 Å². The second-order valence-corrected chi connectivity index (χ2v) is 8.96. The SMILES string of the molecule is O=C(O)C1OC(OC2C(COS(=O)(=O)O)OC(/C=N/Nc3ccc([N+](=O)[O-])cc3)C2O)C(O)C(O)C1O. The summed E-state index contributed by atoms with van der Waals surface area (Å²) in [5.74, 6) is -1.69. The maximum atomic E-state index is 11.3. The van der Waals surface area contributed by atoms with Crippen molar-refractivity contribution in [2.24, 2.45) is 5.10 Å². The number of carboxylic acids is 1. The number of hydrazone groups is 1. The predicted molar refractivity (Wildman–Crippen MR) is 117 cm³/mol. The van der Waals surface area contributed by atoms with Gasteiger partial charge in [-0.2, -0.15) is 13.5 Å². The van der Waals surface area contributed by atoms with Gasteiger partial charge in [0.25, 0.3) is 5.69 Å². The van der Waals surface area contributed by atoms with E-state index < -0.39 is 83.0 Å². The lowest BCUT2D eigenvalue weighted by Gasteiger charge is -2.40. The van der Waals surface area contributed by atoms with Crippen LogP contribution in [-0.2, 0) is 33.6 Å². The van der Waals surface area contributed by atoms with Gasteiger partial charge in [0.15, 0.2) is 12.4 Å². The van der Waals surface area contributed by atoms with Crippen LogP contribution in [0.5, 0.6) is 0 Å². The molecule has 9 atom stereocenters. The summed E-state index contributed by atoms with van der Waals surface area (Å²) in [6, 6.07) is 5.10. The molecule has 0 saturated carbocycles. The molecule has 2 aliphatic rings. The molecule has 0 bridgehead atoms. The molecular formula is C18H23N3O15S. The fourth-order valence-electron chi connectivity index (χ4n) is 3.51. The van der Waals surface area contributed by atoms with Gasteiger partial charge in [0, 0.05) is 12.1 Å². The number of hydrogen-bond donors (Lipinski definition) is 7. The van der Waals surface area contributed by atoms with E-state index in [0.717, 1.165) is 6.21 Å². The monoisotopic (exact) mass is 553 g/mol. The molecule has 0 amide bonds. The van der Waals surface area contributed by atoms with Crippen LogP contribution in [-0.4, -0.2) is 117 Å². The highest BCUT2D eigenvalue weighted by Gasteiger charge is 2.52. The molecule has 3 rings (SSSR count). The second-order valence-electron chi connectivity index (χ2n) is 7.87. The van der Waals surface area contributed by atoms with Crippen LogP contribution >= 0.6 is 0 Å². The van der Waals surface area contributed by atoms with Crippen molar-refractivity contribution in [3.63, 3.8) is 0 Å². The van der Waals surface area contributed by atoms with Crippen LogP contribution in [0, 0.1) is 10.1 Å². The van der Waals surface area contributed by atoms with Crippen LogP contribution in [0.4, 0.5) is 11.4 Å². The molecule has 0 spiro atoms. The summed E-state index contributed by atoms with van der Waals surface area (Å²) < 4.78 is 51.0. The van der Waals surface area contributed by atoms with E-state index in [-0.39, 0.29) is 5.69 Å². The van der Waals surface area contributed by atoms with Crippen molar-refractivity contribution in [2.45, 2.75) is 55.1 Å². The molecule has 1 aromatic rings. The summed E-state index contributed by atoms with van der Waals surface area (Å²) in [7, 11) is -4.96. The minimum Gasteiger partial charge on any atom is -0.479 e. The van der Waals surface area contributed by atoms with E-state index >= 15 is 0 Å². The number of aliphatic carboxylic acids is 1. The molecule has 18 nitrogen and oxygen atoms in total. The quantitative estimate of drug-likeness (QED) is 0.0667. The highest BCUT2D eigenvalue weighted by atomic mass is 32.3. The zero-order valence-corrected chi connectivity index (χ0v) is 19.3. The summed E-state index contributed by atoms with van der Waals surface area (Å²) in [6.07, 6.45) is -15.0. The third kappa shape index (κ3) is 7.13. The topological polar surface area (TPSA) is 277 Å². The molecule has 0 radical (unpaired) electrons. The van der Waals surface area contributed by atoms with Gasteiger partial charge in [0.2, 0.25) is 0 Å². The molecule has 0 aromatic heterocycles. The third-order valence-corrected chi connectivity index (χ3v) is 5.78. The maximum absolute atomic E-state index is 11.3. The number of aliphatic hydroxyl groups excluding tert-OH is 4. The Hall–Kier alpha value is -2.85. The average Bonchev–Trinajstić information content (AvgIpc) is 3.12. The number of benzene rings is 1. The molecule has 2 heterocycles.